The lowest BCUT2D eigenvalue weighted by molar-refractivity contribution is 0.359. The minimum Gasteiger partial charge on any atom is -0.324 e. The lowest BCUT2D eigenvalue weighted by atomic mass is 10.0. The van der Waals surface area contributed by atoms with Crippen LogP contribution in [0.1, 0.15) is 46.0 Å². The van der Waals surface area contributed by atoms with Crippen molar-refractivity contribution in [2.45, 2.75) is 46.0 Å². The van der Waals surface area contributed by atoms with Gasteiger partial charge in [-0.1, -0.05) is 46.0 Å². The number of hydrogen-bond donors (Lipinski definition) is 2. The molecule has 0 aromatic heterocycles. The Morgan fingerprint density at radius 3 is 2.31 bits per heavy atom. The lowest BCUT2D eigenvalue weighted by Crippen LogP contribution is -2.02. The first-order valence-corrected chi connectivity index (χ1v) is 6.80. The van der Waals surface area contributed by atoms with Crippen LogP contribution in [0.5, 0.6) is 0 Å². The third-order valence-corrected chi connectivity index (χ3v) is 3.20. The molecule has 13 heavy (non-hydrogen) atoms. The van der Waals surface area contributed by atoms with Gasteiger partial charge in [-0.05, 0) is 5.92 Å². The van der Waals surface area contributed by atoms with Crippen molar-refractivity contribution in [3.63, 3.8) is 0 Å². The quantitative estimate of drug-likeness (QED) is 0.499. The van der Waals surface area contributed by atoms with Gasteiger partial charge in [0, 0.05) is 0 Å². The summed E-state index contributed by atoms with van der Waals surface area (Å²) in [6.07, 6.45) is 5.68. The van der Waals surface area contributed by atoms with Crippen LogP contribution in [0.2, 0.25) is 0 Å². The van der Waals surface area contributed by atoms with E-state index in [1.165, 1.54) is 19.3 Å². The molecule has 0 bridgehead atoms. The zero-order valence-electron chi connectivity index (χ0n) is 8.57. The lowest BCUT2D eigenvalue weighted by Gasteiger charge is -2.11. The fraction of sp³-hybridized carbons (Fsp3) is 1.00. The number of hydrogen-bond acceptors (Lipinski definition) is 1. The molecular weight excluding hydrogens is 187 g/mol. The van der Waals surface area contributed by atoms with E-state index in [1.54, 1.807) is 0 Å². The predicted molar refractivity (Wildman–Crippen MR) is 54.8 cm³/mol. The van der Waals surface area contributed by atoms with Crippen LogP contribution in [0.4, 0.5) is 0 Å². The largest absolute Gasteiger partial charge is 0.325 e. The molecule has 3 nitrogen and oxygen atoms in total. The summed E-state index contributed by atoms with van der Waals surface area (Å²) in [7, 11) is -3.78. The highest BCUT2D eigenvalue weighted by Gasteiger charge is 2.17. The third-order valence-electron chi connectivity index (χ3n) is 2.10. The van der Waals surface area contributed by atoms with Crippen molar-refractivity contribution in [2.75, 3.05) is 6.16 Å². The molecule has 0 aliphatic carbocycles. The molecule has 0 aromatic carbocycles. The van der Waals surface area contributed by atoms with Crippen LogP contribution in [-0.2, 0) is 4.57 Å². The normalized spacial score (nSPS) is 14.5. The minimum atomic E-state index is -3.78. The summed E-state index contributed by atoms with van der Waals surface area (Å²) in [6.45, 7) is 4.06. The highest BCUT2D eigenvalue weighted by Crippen LogP contribution is 2.37. The Balaban J connectivity index is 3.41. The van der Waals surface area contributed by atoms with Gasteiger partial charge in [0.1, 0.15) is 0 Å². The third kappa shape index (κ3) is 10.1. The smallest absolute Gasteiger partial charge is 0.324 e. The highest BCUT2D eigenvalue weighted by atomic mass is 31.2. The van der Waals surface area contributed by atoms with Gasteiger partial charge < -0.3 is 9.79 Å². The van der Waals surface area contributed by atoms with Crippen molar-refractivity contribution < 1.29 is 14.4 Å². The van der Waals surface area contributed by atoms with Crippen LogP contribution in [0.3, 0.4) is 0 Å². The Morgan fingerprint density at radius 1 is 1.23 bits per heavy atom. The minimum absolute atomic E-state index is 0.0408. The zero-order valence-corrected chi connectivity index (χ0v) is 9.46. The molecule has 0 saturated heterocycles. The molecule has 0 saturated carbocycles. The maximum Gasteiger partial charge on any atom is 0.325 e. The maximum absolute atomic E-state index is 10.6. The number of rotatable bonds is 7. The molecule has 0 fully saturated rings. The van der Waals surface area contributed by atoms with E-state index in [9.17, 15) is 4.57 Å². The molecule has 4 heteroatoms. The molecule has 0 radical (unpaired) electrons. The van der Waals surface area contributed by atoms with Crippen LogP contribution >= 0.6 is 7.60 Å². The van der Waals surface area contributed by atoms with Gasteiger partial charge in [0.15, 0.2) is 0 Å². The Morgan fingerprint density at radius 2 is 1.85 bits per heavy atom. The van der Waals surface area contributed by atoms with Gasteiger partial charge in [-0.25, -0.2) is 0 Å². The molecule has 1 atom stereocenters. The summed E-state index contributed by atoms with van der Waals surface area (Å²) >= 11 is 0. The van der Waals surface area contributed by atoms with Crippen molar-refractivity contribution in [3.05, 3.63) is 0 Å². The second-order valence-electron chi connectivity index (χ2n) is 3.80. The molecule has 0 heterocycles. The van der Waals surface area contributed by atoms with E-state index in [0.717, 1.165) is 12.8 Å². The average Bonchev–Trinajstić information content (AvgIpc) is 1.94. The van der Waals surface area contributed by atoms with Crippen LogP contribution in [-0.4, -0.2) is 15.9 Å². The summed E-state index contributed by atoms with van der Waals surface area (Å²) in [5.41, 5.74) is 0. The van der Waals surface area contributed by atoms with E-state index in [0.29, 0.717) is 0 Å². The Bertz CT molecular complexity index is 164. The van der Waals surface area contributed by atoms with E-state index < -0.39 is 7.60 Å². The summed E-state index contributed by atoms with van der Waals surface area (Å²) in [5, 5.41) is 0. The van der Waals surface area contributed by atoms with Crippen molar-refractivity contribution in [2.24, 2.45) is 5.92 Å². The maximum atomic E-state index is 10.6. The molecule has 0 amide bonds. The fourth-order valence-corrected chi connectivity index (χ4v) is 2.41. The Labute approximate surface area is 80.7 Å². The van der Waals surface area contributed by atoms with Gasteiger partial charge in [-0.2, -0.15) is 0 Å². The molecule has 0 aliphatic heterocycles. The van der Waals surface area contributed by atoms with Crippen molar-refractivity contribution in [1.29, 1.82) is 0 Å². The first kappa shape index (κ1) is 13.2. The van der Waals surface area contributed by atoms with Gasteiger partial charge in [-0.15, -0.1) is 0 Å². The first-order chi connectivity index (χ1) is 5.95. The van der Waals surface area contributed by atoms with E-state index in [2.05, 4.69) is 6.92 Å². The predicted octanol–water partition coefficient (Wildman–Crippen LogP) is 2.77. The van der Waals surface area contributed by atoms with Gasteiger partial charge in [0.25, 0.3) is 0 Å². The Hall–Kier alpha value is 0.150. The summed E-state index contributed by atoms with van der Waals surface area (Å²) in [6, 6.07) is 0. The SMILES string of the molecule is CCCCCCC(C)CP(=O)(O)O. The van der Waals surface area contributed by atoms with Crippen molar-refractivity contribution in [3.8, 4) is 0 Å². The van der Waals surface area contributed by atoms with Crippen LogP contribution < -0.4 is 0 Å². The second-order valence-corrected chi connectivity index (χ2v) is 5.50. The van der Waals surface area contributed by atoms with E-state index in [1.807, 2.05) is 6.92 Å². The molecule has 1 unspecified atom stereocenters. The molecular formula is C9H21O3P. The molecule has 0 aromatic rings. The Kier molecular flexibility index (Phi) is 6.66. The van der Waals surface area contributed by atoms with Crippen molar-refractivity contribution >= 4 is 7.60 Å². The number of unbranched alkanes of at least 4 members (excludes halogenated alkanes) is 3. The van der Waals surface area contributed by atoms with E-state index in [4.69, 9.17) is 9.79 Å². The monoisotopic (exact) mass is 208 g/mol. The van der Waals surface area contributed by atoms with Gasteiger partial charge >= 0.3 is 7.60 Å². The summed E-state index contributed by atoms with van der Waals surface area (Å²) < 4.78 is 10.6. The topological polar surface area (TPSA) is 57.5 Å². The van der Waals surface area contributed by atoms with Gasteiger partial charge in [0.2, 0.25) is 0 Å². The summed E-state index contributed by atoms with van der Waals surface area (Å²) in [4.78, 5) is 17.4. The summed E-state index contributed by atoms with van der Waals surface area (Å²) in [5.74, 6) is 0.151. The molecule has 0 spiro atoms. The van der Waals surface area contributed by atoms with Crippen molar-refractivity contribution in [1.82, 2.24) is 0 Å². The van der Waals surface area contributed by atoms with E-state index >= 15 is 0 Å². The molecule has 0 rings (SSSR count). The zero-order chi connectivity index (χ0) is 10.3. The van der Waals surface area contributed by atoms with E-state index in [-0.39, 0.29) is 12.1 Å². The highest BCUT2D eigenvalue weighted by molar-refractivity contribution is 7.51. The first-order valence-electron chi connectivity index (χ1n) is 5.00. The van der Waals surface area contributed by atoms with Gasteiger partial charge in [-0.3, -0.25) is 4.57 Å². The van der Waals surface area contributed by atoms with Crippen LogP contribution in [0, 0.1) is 5.92 Å². The molecule has 2 N–H and O–H groups in total. The molecule has 0 aliphatic rings. The van der Waals surface area contributed by atoms with Crippen LogP contribution in [0.15, 0.2) is 0 Å². The van der Waals surface area contributed by atoms with Crippen LogP contribution in [0.25, 0.3) is 0 Å². The average molecular weight is 208 g/mol. The fourth-order valence-electron chi connectivity index (χ4n) is 1.42. The molecule has 80 valence electrons. The standard InChI is InChI=1S/C9H21O3P/c1-3-4-5-6-7-9(2)8-13(10,11)12/h9H,3-8H2,1-2H3,(H2,10,11,12). The van der Waals surface area contributed by atoms with Gasteiger partial charge in [0.05, 0.1) is 6.16 Å². The second kappa shape index (κ2) is 6.58.